The van der Waals surface area contributed by atoms with E-state index >= 15 is 0 Å². The van der Waals surface area contributed by atoms with Gasteiger partial charge in [-0.25, -0.2) is 9.97 Å². The molecule has 9 nitrogen and oxygen atoms in total. The molecule has 0 saturated carbocycles. The van der Waals surface area contributed by atoms with Crippen LogP contribution in [0.1, 0.15) is 21.7 Å². The molecule has 2 aromatic heterocycles. The second-order valence-corrected chi connectivity index (χ2v) is 8.29. The lowest BCUT2D eigenvalue weighted by Gasteiger charge is -2.23. The lowest BCUT2D eigenvalue weighted by molar-refractivity contribution is 0.0782. The van der Waals surface area contributed by atoms with E-state index < -0.39 is 0 Å². The number of carbonyl (C=O) groups is 1. The van der Waals surface area contributed by atoms with Crippen molar-refractivity contribution in [2.75, 3.05) is 38.2 Å². The van der Waals surface area contributed by atoms with Gasteiger partial charge in [0.05, 0.1) is 25.1 Å². The molecule has 3 aromatic rings. The molecule has 5 rings (SSSR count). The molecule has 0 bridgehead atoms. The largest absolute Gasteiger partial charge is 0.497 e. The van der Waals surface area contributed by atoms with Crippen LogP contribution in [-0.4, -0.2) is 69.1 Å². The number of likely N-dealkylation sites (tertiary alicyclic amines) is 1. The predicted octanol–water partition coefficient (Wildman–Crippen LogP) is 2.31. The zero-order valence-electron chi connectivity index (χ0n) is 18.3. The van der Waals surface area contributed by atoms with Gasteiger partial charge >= 0.3 is 0 Å². The quantitative estimate of drug-likeness (QED) is 0.596. The summed E-state index contributed by atoms with van der Waals surface area (Å²) in [4.78, 5) is 28.3. The third-order valence-electron chi connectivity index (χ3n) is 6.10. The average Bonchev–Trinajstić information content (AvgIpc) is 3.48. The Balaban J connectivity index is 0.00000245. The summed E-state index contributed by atoms with van der Waals surface area (Å²) in [5.74, 6) is 2.28. The number of anilines is 1. The Morgan fingerprint density at radius 2 is 1.59 bits per heavy atom. The smallest absolute Gasteiger partial charge is 0.256 e. The summed E-state index contributed by atoms with van der Waals surface area (Å²) in [5, 5.41) is 8.41. The zero-order valence-corrected chi connectivity index (χ0v) is 19.1. The molecule has 2 aliphatic heterocycles. The van der Waals surface area contributed by atoms with E-state index in [1.165, 1.54) is 4.80 Å². The van der Waals surface area contributed by atoms with E-state index in [2.05, 4.69) is 25.1 Å². The molecule has 2 fully saturated rings. The number of aryl methyl sites for hydroxylation is 2. The summed E-state index contributed by atoms with van der Waals surface area (Å²) in [6.07, 6.45) is 3.19. The minimum atomic E-state index is -0.00134. The second kappa shape index (κ2) is 8.74. The summed E-state index contributed by atoms with van der Waals surface area (Å²) < 4.78 is 5.33. The van der Waals surface area contributed by atoms with Gasteiger partial charge in [0, 0.05) is 55.5 Å². The molecule has 0 aliphatic carbocycles. The number of benzene rings is 1. The SMILES string of the molecule is COc1ccc(C(=O)N2CC3CN(c4nc(C)cc(C)n4)CC3C2)c(-n2nccn2)c1.Cl. The Hall–Kier alpha value is -3.20. The molecule has 0 spiro atoms. The van der Waals surface area contributed by atoms with E-state index in [4.69, 9.17) is 4.74 Å². The first kappa shape index (κ1) is 22.0. The van der Waals surface area contributed by atoms with Crippen LogP contribution in [0.25, 0.3) is 5.69 Å². The Kier molecular flexibility index (Phi) is 6.01. The van der Waals surface area contributed by atoms with Gasteiger partial charge < -0.3 is 14.5 Å². The van der Waals surface area contributed by atoms with Crippen LogP contribution in [0.2, 0.25) is 0 Å². The van der Waals surface area contributed by atoms with Crippen molar-refractivity contribution in [3.63, 3.8) is 0 Å². The third kappa shape index (κ3) is 4.00. The summed E-state index contributed by atoms with van der Waals surface area (Å²) in [7, 11) is 1.60. The molecule has 2 saturated heterocycles. The standard InChI is InChI=1S/C22H25N7O2.ClH/c1-14-8-15(2)26-22(25-14)28-12-16-10-27(11-17(16)13-28)21(30)19-5-4-18(31-3)9-20(19)29-23-6-7-24-29;/h4-9,16-17H,10-13H2,1-3H3;1H. The predicted molar refractivity (Wildman–Crippen MR) is 122 cm³/mol. The van der Waals surface area contributed by atoms with Crippen LogP contribution in [0.15, 0.2) is 36.7 Å². The number of halogens is 1. The third-order valence-corrected chi connectivity index (χ3v) is 6.10. The summed E-state index contributed by atoms with van der Waals surface area (Å²) >= 11 is 0. The van der Waals surface area contributed by atoms with Gasteiger partial charge in [-0.3, -0.25) is 4.79 Å². The average molecular weight is 456 g/mol. The van der Waals surface area contributed by atoms with E-state index in [0.29, 0.717) is 28.8 Å². The van der Waals surface area contributed by atoms with Crippen LogP contribution in [-0.2, 0) is 0 Å². The number of fused-ring (bicyclic) bond motifs is 1. The van der Waals surface area contributed by atoms with Gasteiger partial charge in [-0.1, -0.05) is 0 Å². The maximum absolute atomic E-state index is 13.4. The zero-order chi connectivity index (χ0) is 21.5. The van der Waals surface area contributed by atoms with Crippen LogP contribution < -0.4 is 9.64 Å². The second-order valence-electron chi connectivity index (χ2n) is 8.29. The van der Waals surface area contributed by atoms with Crippen molar-refractivity contribution in [2.24, 2.45) is 11.8 Å². The first-order valence-corrected chi connectivity index (χ1v) is 10.4. The van der Waals surface area contributed by atoms with Gasteiger partial charge in [0.25, 0.3) is 5.91 Å². The Morgan fingerprint density at radius 1 is 0.969 bits per heavy atom. The monoisotopic (exact) mass is 455 g/mol. The van der Waals surface area contributed by atoms with Crippen LogP contribution >= 0.6 is 12.4 Å². The van der Waals surface area contributed by atoms with Gasteiger partial charge in [0.2, 0.25) is 5.95 Å². The normalized spacial score (nSPS) is 19.6. The van der Waals surface area contributed by atoms with E-state index in [-0.39, 0.29) is 18.3 Å². The fourth-order valence-corrected chi connectivity index (χ4v) is 4.67. The highest BCUT2D eigenvalue weighted by molar-refractivity contribution is 5.98. The van der Waals surface area contributed by atoms with Crippen molar-refractivity contribution in [1.29, 1.82) is 0 Å². The fraction of sp³-hybridized carbons (Fsp3) is 0.409. The number of aromatic nitrogens is 5. The Bertz CT molecular complexity index is 1090. The number of amides is 1. The van der Waals surface area contributed by atoms with Gasteiger partial charge in [-0.15, -0.1) is 12.4 Å². The lowest BCUT2D eigenvalue weighted by Crippen LogP contribution is -2.34. The minimum absolute atomic E-state index is 0. The molecule has 4 heterocycles. The molecule has 0 N–H and O–H groups in total. The van der Waals surface area contributed by atoms with Crippen molar-refractivity contribution in [3.05, 3.63) is 53.6 Å². The number of hydrogen-bond donors (Lipinski definition) is 0. The van der Waals surface area contributed by atoms with E-state index in [1.807, 2.05) is 24.8 Å². The number of hydrogen-bond acceptors (Lipinski definition) is 7. The summed E-state index contributed by atoms with van der Waals surface area (Å²) in [6, 6.07) is 7.38. The highest BCUT2D eigenvalue weighted by Gasteiger charge is 2.43. The first-order chi connectivity index (χ1) is 15.0. The van der Waals surface area contributed by atoms with Crippen molar-refractivity contribution < 1.29 is 9.53 Å². The Labute approximate surface area is 192 Å². The molecule has 10 heteroatoms. The molecule has 32 heavy (non-hydrogen) atoms. The van der Waals surface area contributed by atoms with Gasteiger partial charge in [-0.2, -0.15) is 15.0 Å². The van der Waals surface area contributed by atoms with Crippen LogP contribution in [0, 0.1) is 25.7 Å². The molecule has 0 radical (unpaired) electrons. The van der Waals surface area contributed by atoms with Crippen molar-refractivity contribution in [1.82, 2.24) is 29.9 Å². The lowest BCUT2D eigenvalue weighted by atomic mass is 10.0. The van der Waals surface area contributed by atoms with Crippen molar-refractivity contribution in [3.8, 4) is 11.4 Å². The highest BCUT2D eigenvalue weighted by atomic mass is 35.5. The summed E-state index contributed by atoms with van der Waals surface area (Å²) in [6.45, 7) is 7.18. The molecule has 2 aliphatic rings. The summed E-state index contributed by atoms with van der Waals surface area (Å²) in [5.41, 5.74) is 3.16. The maximum Gasteiger partial charge on any atom is 0.256 e. The highest BCUT2D eigenvalue weighted by Crippen LogP contribution is 2.34. The molecular weight excluding hydrogens is 430 g/mol. The maximum atomic E-state index is 13.4. The van der Waals surface area contributed by atoms with E-state index in [1.54, 1.807) is 37.7 Å². The van der Waals surface area contributed by atoms with E-state index in [9.17, 15) is 4.79 Å². The number of ether oxygens (including phenoxy) is 1. The van der Waals surface area contributed by atoms with Crippen LogP contribution in [0.4, 0.5) is 5.95 Å². The number of nitrogens with zero attached hydrogens (tertiary/aromatic N) is 7. The Morgan fingerprint density at radius 3 is 2.19 bits per heavy atom. The fourth-order valence-electron chi connectivity index (χ4n) is 4.67. The molecule has 2 atom stereocenters. The molecular formula is C22H26ClN7O2. The van der Waals surface area contributed by atoms with Gasteiger partial charge in [0.1, 0.15) is 11.4 Å². The van der Waals surface area contributed by atoms with Gasteiger partial charge in [-0.05, 0) is 32.0 Å². The van der Waals surface area contributed by atoms with E-state index in [0.717, 1.165) is 43.5 Å². The van der Waals surface area contributed by atoms with Crippen molar-refractivity contribution in [2.45, 2.75) is 13.8 Å². The number of rotatable bonds is 4. The molecule has 2 unspecified atom stereocenters. The number of carbonyl (C=O) groups excluding carboxylic acids is 1. The van der Waals surface area contributed by atoms with Gasteiger partial charge in [0.15, 0.2) is 0 Å². The first-order valence-electron chi connectivity index (χ1n) is 10.4. The topological polar surface area (TPSA) is 89.3 Å². The molecule has 1 aromatic carbocycles. The minimum Gasteiger partial charge on any atom is -0.497 e. The molecule has 1 amide bonds. The van der Waals surface area contributed by atoms with Crippen LogP contribution in [0.5, 0.6) is 5.75 Å². The van der Waals surface area contributed by atoms with Crippen molar-refractivity contribution >= 4 is 24.3 Å². The number of methoxy groups -OCH3 is 1. The van der Waals surface area contributed by atoms with Crippen LogP contribution in [0.3, 0.4) is 0 Å². The molecule has 168 valence electrons.